The zero-order valence-corrected chi connectivity index (χ0v) is 14.9. The number of nitrogens with zero attached hydrogens (tertiary/aromatic N) is 2. The van der Waals surface area contributed by atoms with E-state index in [9.17, 15) is 15.3 Å². The highest BCUT2D eigenvalue weighted by Gasteiger charge is 2.44. The van der Waals surface area contributed by atoms with Gasteiger partial charge in [-0.1, -0.05) is 23.2 Å². The minimum Gasteiger partial charge on any atom is -0.394 e. The lowest BCUT2D eigenvalue weighted by atomic mass is 10.1. The molecule has 1 aliphatic heterocycles. The second kappa shape index (κ2) is 6.17. The Hall–Kier alpha value is -1.26. The van der Waals surface area contributed by atoms with E-state index in [1.54, 1.807) is 18.2 Å². The quantitative estimate of drug-likeness (QED) is 0.490. The second-order valence-electron chi connectivity index (χ2n) is 5.84. The number of ether oxygens (including phenoxy) is 1. The number of rotatable bonds is 2. The Labute approximate surface area is 156 Å². The van der Waals surface area contributed by atoms with Gasteiger partial charge >= 0.3 is 0 Å². The van der Waals surface area contributed by atoms with Crippen molar-refractivity contribution in [3.8, 4) is 0 Å². The zero-order chi connectivity index (χ0) is 17.9. The summed E-state index contributed by atoms with van der Waals surface area (Å²) in [5, 5.41) is 31.1. The lowest BCUT2D eigenvalue weighted by molar-refractivity contribution is -0.0514. The van der Waals surface area contributed by atoms with Gasteiger partial charge in [0.15, 0.2) is 16.6 Å². The van der Waals surface area contributed by atoms with Crippen molar-refractivity contribution in [2.75, 3.05) is 6.61 Å². The third-order valence-corrected chi connectivity index (χ3v) is 5.33. The summed E-state index contributed by atoms with van der Waals surface area (Å²) in [7, 11) is 0. The summed E-state index contributed by atoms with van der Waals surface area (Å²) in [4.78, 5) is 7.43. The van der Waals surface area contributed by atoms with Crippen molar-refractivity contribution in [3.63, 3.8) is 0 Å². The molecule has 0 amide bonds. The number of fused-ring (bicyclic) bond motifs is 2. The van der Waals surface area contributed by atoms with Crippen molar-refractivity contribution < 1.29 is 20.1 Å². The minimum absolute atomic E-state index is 0.268. The fraction of sp³-hybridized carbons (Fsp3) is 0.333. The lowest BCUT2D eigenvalue weighted by Gasteiger charge is -2.17. The van der Waals surface area contributed by atoms with E-state index in [-0.39, 0.29) is 4.77 Å². The van der Waals surface area contributed by atoms with Crippen molar-refractivity contribution in [1.82, 2.24) is 14.5 Å². The maximum atomic E-state index is 10.3. The highest BCUT2D eigenvalue weighted by molar-refractivity contribution is 7.71. The molecule has 0 radical (unpaired) electrons. The molecular weight excluding hydrogens is 389 g/mol. The van der Waals surface area contributed by atoms with Gasteiger partial charge < -0.3 is 25.0 Å². The first-order chi connectivity index (χ1) is 11.9. The van der Waals surface area contributed by atoms with E-state index in [4.69, 9.17) is 40.2 Å². The van der Waals surface area contributed by atoms with Crippen molar-refractivity contribution in [3.05, 3.63) is 33.0 Å². The van der Waals surface area contributed by atoms with E-state index < -0.39 is 31.1 Å². The van der Waals surface area contributed by atoms with Gasteiger partial charge in [0.1, 0.15) is 18.3 Å². The minimum atomic E-state index is -1.24. The first-order valence-electron chi connectivity index (χ1n) is 7.43. The smallest absolute Gasteiger partial charge is 0.181 e. The molecular formula is C15H13Cl2N3O4S. The lowest BCUT2D eigenvalue weighted by Crippen LogP contribution is -2.33. The predicted octanol–water partition coefficient (Wildman–Crippen LogP) is 2.17. The van der Waals surface area contributed by atoms with Crippen LogP contribution in [-0.4, -0.2) is 54.8 Å². The van der Waals surface area contributed by atoms with Crippen LogP contribution in [0.1, 0.15) is 6.23 Å². The second-order valence-corrected chi connectivity index (χ2v) is 7.05. The molecule has 3 aromatic rings. The van der Waals surface area contributed by atoms with Gasteiger partial charge in [-0.05, 0) is 30.4 Å². The Kier molecular flexibility index (Phi) is 4.24. The van der Waals surface area contributed by atoms with Crippen LogP contribution in [-0.2, 0) is 4.74 Å². The Balaban J connectivity index is 1.92. The van der Waals surface area contributed by atoms with E-state index in [1.807, 2.05) is 0 Å². The summed E-state index contributed by atoms with van der Waals surface area (Å²) in [5.41, 5.74) is 1.69. The van der Waals surface area contributed by atoms with Crippen LogP contribution in [0.2, 0.25) is 10.0 Å². The fourth-order valence-electron chi connectivity index (χ4n) is 3.05. The molecule has 0 unspecified atom stereocenters. The highest BCUT2D eigenvalue weighted by Crippen LogP contribution is 2.34. The molecule has 1 saturated heterocycles. The molecule has 1 aliphatic rings. The molecule has 2 aromatic heterocycles. The molecule has 4 atom stereocenters. The van der Waals surface area contributed by atoms with Gasteiger partial charge in [-0.15, -0.1) is 0 Å². The molecule has 132 valence electrons. The molecule has 0 spiro atoms. The van der Waals surface area contributed by atoms with Crippen LogP contribution in [0.5, 0.6) is 0 Å². The molecule has 7 nitrogen and oxygen atoms in total. The summed E-state index contributed by atoms with van der Waals surface area (Å²) in [6.07, 6.45) is -4.31. The summed E-state index contributed by atoms with van der Waals surface area (Å²) >= 11 is 17.4. The third kappa shape index (κ3) is 2.65. The van der Waals surface area contributed by atoms with Crippen LogP contribution in [0.15, 0.2) is 18.2 Å². The number of pyridine rings is 1. The van der Waals surface area contributed by atoms with Gasteiger partial charge in [-0.25, -0.2) is 4.98 Å². The van der Waals surface area contributed by atoms with Crippen molar-refractivity contribution in [2.24, 2.45) is 0 Å². The van der Waals surface area contributed by atoms with Gasteiger partial charge in [-0.2, -0.15) is 0 Å². The van der Waals surface area contributed by atoms with E-state index in [1.165, 1.54) is 4.57 Å². The number of aliphatic hydroxyl groups is 3. The molecule has 10 heteroatoms. The zero-order valence-electron chi connectivity index (χ0n) is 12.6. The third-order valence-electron chi connectivity index (χ3n) is 4.31. The topological polar surface area (TPSA) is 104 Å². The van der Waals surface area contributed by atoms with Crippen molar-refractivity contribution >= 4 is 57.5 Å². The molecule has 0 aliphatic carbocycles. The number of aliphatic hydroxyl groups excluding tert-OH is 3. The Morgan fingerprint density at radius 1 is 1.20 bits per heavy atom. The molecule has 25 heavy (non-hydrogen) atoms. The highest BCUT2D eigenvalue weighted by atomic mass is 35.5. The summed E-state index contributed by atoms with van der Waals surface area (Å²) < 4.78 is 7.37. The Morgan fingerprint density at radius 3 is 2.60 bits per heavy atom. The van der Waals surface area contributed by atoms with Crippen molar-refractivity contribution in [1.29, 1.82) is 0 Å². The molecule has 1 aromatic carbocycles. The number of H-pyrrole nitrogens is 1. The maximum absolute atomic E-state index is 10.3. The molecule has 1 fully saturated rings. The Bertz CT molecular complexity index is 1040. The van der Waals surface area contributed by atoms with Crippen LogP contribution in [0.4, 0.5) is 0 Å². The van der Waals surface area contributed by atoms with Crippen LogP contribution in [0, 0.1) is 4.77 Å². The molecule has 4 rings (SSSR count). The van der Waals surface area contributed by atoms with E-state index >= 15 is 0 Å². The average Bonchev–Trinajstić information content (AvgIpc) is 3.03. The number of nitrogens with one attached hydrogen (secondary N) is 1. The van der Waals surface area contributed by atoms with E-state index in [0.717, 1.165) is 5.39 Å². The SMILES string of the molecule is OC[C@H]1O[C@@H](n2c(=S)[nH]c3nc4cc(Cl)c(Cl)cc4cc32)[C@H](O)[C@@H]1O. The number of benzene rings is 1. The van der Waals surface area contributed by atoms with E-state index in [2.05, 4.69) is 9.97 Å². The Morgan fingerprint density at radius 2 is 1.92 bits per heavy atom. The number of imidazole rings is 1. The van der Waals surface area contributed by atoms with Crippen LogP contribution in [0.3, 0.4) is 0 Å². The molecule has 4 N–H and O–H groups in total. The van der Waals surface area contributed by atoms with Crippen molar-refractivity contribution in [2.45, 2.75) is 24.5 Å². The van der Waals surface area contributed by atoms with Gasteiger partial charge in [0.25, 0.3) is 0 Å². The summed E-state index contributed by atoms with van der Waals surface area (Å²) in [5.74, 6) is 0. The molecule has 0 saturated carbocycles. The monoisotopic (exact) mass is 401 g/mol. The van der Waals surface area contributed by atoms with Gasteiger partial charge in [0, 0.05) is 5.39 Å². The van der Waals surface area contributed by atoms with Gasteiger partial charge in [0.2, 0.25) is 0 Å². The number of halogens is 2. The van der Waals surface area contributed by atoms with Crippen LogP contribution < -0.4 is 0 Å². The summed E-state index contributed by atoms with van der Waals surface area (Å²) in [6.45, 7) is -0.417. The largest absolute Gasteiger partial charge is 0.394 e. The van der Waals surface area contributed by atoms with E-state index in [0.29, 0.717) is 26.7 Å². The number of hydrogen-bond acceptors (Lipinski definition) is 6. The predicted molar refractivity (Wildman–Crippen MR) is 95.5 cm³/mol. The van der Waals surface area contributed by atoms with Crippen LogP contribution in [0.25, 0.3) is 22.1 Å². The molecule has 0 bridgehead atoms. The summed E-state index contributed by atoms with van der Waals surface area (Å²) in [6, 6.07) is 5.13. The van der Waals surface area contributed by atoms with Crippen LogP contribution >= 0.6 is 35.4 Å². The number of aromatic nitrogens is 3. The maximum Gasteiger partial charge on any atom is 0.181 e. The van der Waals surface area contributed by atoms with Gasteiger partial charge in [0.05, 0.1) is 27.7 Å². The van der Waals surface area contributed by atoms with Gasteiger partial charge in [-0.3, -0.25) is 4.57 Å². The number of aromatic amines is 1. The number of hydrogen-bond donors (Lipinski definition) is 4. The molecule has 3 heterocycles. The first kappa shape index (κ1) is 17.2. The first-order valence-corrected chi connectivity index (χ1v) is 8.59. The standard InChI is InChI=1S/C15H13Cl2N3O4S/c16-6-1-5-2-9-13(18-8(5)3-7(6)17)19-15(25)20(9)14-12(23)11(22)10(4-21)24-14/h1-3,10-12,14,21-23H,4H2,(H,18,19,25)/t10-,11-,12-,14-/m1/s1. The average molecular weight is 402 g/mol. The normalized spacial score (nSPS) is 26.8. The fourth-order valence-corrected chi connectivity index (χ4v) is 3.68.